The molecular weight excluding hydrogens is 334 g/mol. The molecule has 0 amide bonds. The number of nitrogens with two attached hydrogens (primary N) is 1. The van der Waals surface area contributed by atoms with Crippen LogP contribution < -0.4 is 5.73 Å². The van der Waals surface area contributed by atoms with E-state index in [1.807, 2.05) is 37.3 Å². The molecule has 4 rings (SSSR count). The molecule has 0 aliphatic rings. The van der Waals surface area contributed by atoms with Crippen LogP contribution in [0.15, 0.2) is 54.7 Å². The standard InChI is InChI=1S/C20H16F2N4/c1-12-16(10-23)19(15-8-7-14(21)9-17(15)22)26-11-18(25-20(26)24-12)13-5-3-2-4-6-13/h2-9,11H,10,23H2,1H3. The van der Waals surface area contributed by atoms with Crippen LogP contribution in [-0.2, 0) is 6.54 Å². The average molecular weight is 350 g/mol. The maximum atomic E-state index is 14.5. The summed E-state index contributed by atoms with van der Waals surface area (Å²) >= 11 is 0. The average Bonchev–Trinajstić information content (AvgIpc) is 3.05. The maximum absolute atomic E-state index is 14.5. The number of benzene rings is 2. The van der Waals surface area contributed by atoms with E-state index in [0.717, 1.165) is 17.3 Å². The first-order valence-electron chi connectivity index (χ1n) is 8.18. The van der Waals surface area contributed by atoms with Crippen molar-refractivity contribution < 1.29 is 8.78 Å². The van der Waals surface area contributed by atoms with Crippen molar-refractivity contribution in [3.8, 4) is 22.5 Å². The minimum Gasteiger partial charge on any atom is -0.326 e. The number of aromatic nitrogens is 3. The van der Waals surface area contributed by atoms with Gasteiger partial charge in [0.2, 0.25) is 5.78 Å². The summed E-state index contributed by atoms with van der Waals surface area (Å²) in [5, 5.41) is 0. The summed E-state index contributed by atoms with van der Waals surface area (Å²) in [5.74, 6) is -0.836. The molecule has 0 aliphatic carbocycles. The molecule has 0 saturated carbocycles. The van der Waals surface area contributed by atoms with Crippen molar-refractivity contribution in [3.63, 3.8) is 0 Å². The van der Waals surface area contributed by atoms with Crippen LogP contribution in [-0.4, -0.2) is 14.4 Å². The quantitative estimate of drug-likeness (QED) is 0.605. The second-order valence-electron chi connectivity index (χ2n) is 6.01. The number of rotatable bonds is 3. The number of halogens is 2. The van der Waals surface area contributed by atoms with Gasteiger partial charge in [-0.25, -0.2) is 18.7 Å². The van der Waals surface area contributed by atoms with Gasteiger partial charge in [0.05, 0.1) is 11.4 Å². The largest absolute Gasteiger partial charge is 0.326 e. The summed E-state index contributed by atoms with van der Waals surface area (Å²) < 4.78 is 29.6. The molecule has 0 unspecified atom stereocenters. The molecular formula is C20H16F2N4. The Morgan fingerprint density at radius 2 is 1.81 bits per heavy atom. The minimum absolute atomic E-state index is 0.180. The number of nitrogens with zero attached hydrogens (tertiary/aromatic N) is 3. The minimum atomic E-state index is -0.651. The van der Waals surface area contributed by atoms with E-state index in [2.05, 4.69) is 9.97 Å². The fraction of sp³-hybridized carbons (Fsp3) is 0.100. The molecule has 0 atom stereocenters. The SMILES string of the molecule is Cc1nc2nc(-c3ccccc3)cn2c(-c2ccc(F)cc2F)c1CN. The highest BCUT2D eigenvalue weighted by molar-refractivity contribution is 5.70. The molecule has 4 nitrogen and oxygen atoms in total. The molecule has 26 heavy (non-hydrogen) atoms. The first-order chi connectivity index (χ1) is 12.6. The molecule has 4 aromatic rings. The number of imidazole rings is 1. The Labute approximate surface area is 149 Å². The Balaban J connectivity index is 2.04. The number of hydrogen-bond acceptors (Lipinski definition) is 3. The third-order valence-corrected chi connectivity index (χ3v) is 4.38. The molecule has 130 valence electrons. The number of fused-ring (bicyclic) bond motifs is 1. The molecule has 0 saturated heterocycles. The van der Waals surface area contributed by atoms with E-state index in [1.165, 1.54) is 12.1 Å². The predicted molar refractivity (Wildman–Crippen MR) is 96.4 cm³/mol. The number of hydrogen-bond donors (Lipinski definition) is 1. The second kappa shape index (κ2) is 6.31. The third kappa shape index (κ3) is 2.64. The molecule has 2 aromatic carbocycles. The molecule has 0 spiro atoms. The fourth-order valence-electron chi connectivity index (χ4n) is 3.11. The summed E-state index contributed by atoms with van der Waals surface area (Å²) in [7, 11) is 0. The van der Waals surface area contributed by atoms with Crippen molar-refractivity contribution in [2.45, 2.75) is 13.5 Å². The van der Waals surface area contributed by atoms with Gasteiger partial charge >= 0.3 is 0 Å². The summed E-state index contributed by atoms with van der Waals surface area (Å²) in [6.45, 7) is 1.99. The van der Waals surface area contributed by atoms with E-state index in [4.69, 9.17) is 5.73 Å². The maximum Gasteiger partial charge on any atom is 0.235 e. The zero-order valence-corrected chi connectivity index (χ0v) is 14.1. The van der Waals surface area contributed by atoms with E-state index in [1.54, 1.807) is 10.6 Å². The van der Waals surface area contributed by atoms with Crippen LogP contribution in [0.25, 0.3) is 28.3 Å². The molecule has 0 bridgehead atoms. The molecule has 0 radical (unpaired) electrons. The van der Waals surface area contributed by atoms with E-state index < -0.39 is 11.6 Å². The normalized spacial score (nSPS) is 11.2. The van der Waals surface area contributed by atoms with Gasteiger partial charge in [0, 0.05) is 41.2 Å². The topological polar surface area (TPSA) is 56.2 Å². The van der Waals surface area contributed by atoms with Crippen LogP contribution in [0.1, 0.15) is 11.3 Å². The lowest BCUT2D eigenvalue weighted by molar-refractivity contribution is 0.585. The summed E-state index contributed by atoms with van der Waals surface area (Å²) in [5.41, 5.74) is 9.72. The van der Waals surface area contributed by atoms with Crippen LogP contribution in [0.2, 0.25) is 0 Å². The van der Waals surface area contributed by atoms with Crippen molar-refractivity contribution in [1.29, 1.82) is 0 Å². The summed E-state index contributed by atoms with van der Waals surface area (Å²) in [6.07, 6.45) is 1.80. The van der Waals surface area contributed by atoms with Gasteiger partial charge in [-0.3, -0.25) is 4.40 Å². The fourth-order valence-corrected chi connectivity index (χ4v) is 3.11. The van der Waals surface area contributed by atoms with E-state index in [-0.39, 0.29) is 12.1 Å². The Morgan fingerprint density at radius 3 is 2.50 bits per heavy atom. The highest BCUT2D eigenvalue weighted by Gasteiger charge is 2.19. The van der Waals surface area contributed by atoms with E-state index in [0.29, 0.717) is 22.7 Å². The predicted octanol–water partition coefficient (Wildman–Crippen LogP) is 4.11. The van der Waals surface area contributed by atoms with Gasteiger partial charge in [0.1, 0.15) is 11.6 Å². The summed E-state index contributed by atoms with van der Waals surface area (Å²) in [6, 6.07) is 13.2. The molecule has 0 aliphatic heterocycles. The zero-order chi connectivity index (χ0) is 18.3. The van der Waals surface area contributed by atoms with Gasteiger partial charge in [-0.15, -0.1) is 0 Å². The van der Waals surface area contributed by atoms with Crippen molar-refractivity contribution in [2.75, 3.05) is 0 Å². The monoisotopic (exact) mass is 350 g/mol. The Kier molecular flexibility index (Phi) is 3.97. The van der Waals surface area contributed by atoms with Crippen molar-refractivity contribution >= 4 is 5.78 Å². The lowest BCUT2D eigenvalue weighted by Crippen LogP contribution is -2.09. The van der Waals surface area contributed by atoms with Crippen LogP contribution >= 0.6 is 0 Å². The molecule has 0 fully saturated rings. The summed E-state index contributed by atoms with van der Waals surface area (Å²) in [4.78, 5) is 9.07. The molecule has 6 heteroatoms. The second-order valence-corrected chi connectivity index (χ2v) is 6.01. The van der Waals surface area contributed by atoms with Crippen LogP contribution in [0.3, 0.4) is 0 Å². The van der Waals surface area contributed by atoms with Gasteiger partial charge in [-0.1, -0.05) is 30.3 Å². The number of aryl methyl sites for hydroxylation is 1. The van der Waals surface area contributed by atoms with Gasteiger partial charge in [-0.2, -0.15) is 0 Å². The van der Waals surface area contributed by atoms with Gasteiger partial charge < -0.3 is 5.73 Å². The lowest BCUT2D eigenvalue weighted by Gasteiger charge is -2.14. The lowest BCUT2D eigenvalue weighted by atomic mass is 10.0. The van der Waals surface area contributed by atoms with Crippen LogP contribution in [0.5, 0.6) is 0 Å². The van der Waals surface area contributed by atoms with Crippen LogP contribution in [0, 0.1) is 18.6 Å². The first-order valence-corrected chi connectivity index (χ1v) is 8.18. The van der Waals surface area contributed by atoms with E-state index >= 15 is 0 Å². The Bertz CT molecular complexity index is 1100. The zero-order valence-electron chi connectivity index (χ0n) is 14.1. The van der Waals surface area contributed by atoms with Gasteiger partial charge in [0.15, 0.2) is 0 Å². The highest BCUT2D eigenvalue weighted by atomic mass is 19.1. The van der Waals surface area contributed by atoms with Crippen LogP contribution in [0.4, 0.5) is 8.78 Å². The Hall–Kier alpha value is -3.12. The third-order valence-electron chi connectivity index (χ3n) is 4.38. The van der Waals surface area contributed by atoms with Gasteiger partial charge in [-0.05, 0) is 19.1 Å². The van der Waals surface area contributed by atoms with Gasteiger partial charge in [0.25, 0.3) is 0 Å². The first kappa shape index (κ1) is 16.4. The van der Waals surface area contributed by atoms with Crippen molar-refractivity contribution in [3.05, 3.63) is 77.6 Å². The molecule has 2 aromatic heterocycles. The van der Waals surface area contributed by atoms with Crippen molar-refractivity contribution in [1.82, 2.24) is 14.4 Å². The molecule has 2 heterocycles. The van der Waals surface area contributed by atoms with Crippen molar-refractivity contribution in [2.24, 2.45) is 5.73 Å². The Morgan fingerprint density at radius 1 is 1.04 bits per heavy atom. The highest BCUT2D eigenvalue weighted by Crippen LogP contribution is 2.30. The molecule has 2 N–H and O–H groups in total. The van der Waals surface area contributed by atoms with E-state index in [9.17, 15) is 8.78 Å². The smallest absolute Gasteiger partial charge is 0.235 e.